The van der Waals surface area contributed by atoms with Crippen LogP contribution in [0.1, 0.15) is 53.4 Å². The van der Waals surface area contributed by atoms with E-state index in [9.17, 15) is 4.79 Å². The van der Waals surface area contributed by atoms with Crippen LogP contribution >= 0.6 is 11.6 Å². The third-order valence-electron chi connectivity index (χ3n) is 7.42. The van der Waals surface area contributed by atoms with Crippen molar-refractivity contribution < 1.29 is 18.8 Å². The van der Waals surface area contributed by atoms with Gasteiger partial charge in [0.05, 0.1) is 17.1 Å². The predicted molar refractivity (Wildman–Crippen MR) is 146 cm³/mol. The molecule has 2 atom stereocenters. The van der Waals surface area contributed by atoms with Gasteiger partial charge in [0.15, 0.2) is 0 Å². The number of fused-ring (bicyclic) bond motifs is 1. The van der Waals surface area contributed by atoms with Gasteiger partial charge in [-0.05, 0) is 59.4 Å². The van der Waals surface area contributed by atoms with E-state index in [2.05, 4.69) is 40.7 Å². The Kier molecular flexibility index (Phi) is 7.71. The second-order valence-electron chi connectivity index (χ2n) is 11.7. The Morgan fingerprint density at radius 1 is 1.16 bits per heavy atom. The van der Waals surface area contributed by atoms with Crippen molar-refractivity contribution in [2.75, 3.05) is 26.3 Å². The molecule has 0 aliphatic carbocycles. The number of amides is 1. The van der Waals surface area contributed by atoms with E-state index >= 15 is 0 Å². The molecule has 4 heterocycles. The summed E-state index contributed by atoms with van der Waals surface area (Å²) in [5, 5.41) is 6.09. The summed E-state index contributed by atoms with van der Waals surface area (Å²) in [5.74, 6) is 1.66. The Morgan fingerprint density at radius 2 is 1.87 bits per heavy atom. The summed E-state index contributed by atoms with van der Waals surface area (Å²) in [7, 11) is 0. The van der Waals surface area contributed by atoms with E-state index in [-0.39, 0.29) is 18.2 Å². The largest absolute Gasteiger partial charge is 0.444 e. The summed E-state index contributed by atoms with van der Waals surface area (Å²) in [6.45, 7) is 14.0. The highest BCUT2D eigenvalue weighted by molar-refractivity contribution is 6.35. The molecule has 2 saturated heterocycles. The third kappa shape index (κ3) is 5.84. The van der Waals surface area contributed by atoms with Gasteiger partial charge in [0.25, 0.3) is 0 Å². The molecule has 0 radical (unpaired) electrons. The van der Waals surface area contributed by atoms with E-state index in [1.54, 1.807) is 4.90 Å². The summed E-state index contributed by atoms with van der Waals surface area (Å²) < 4.78 is 19.1. The second kappa shape index (κ2) is 10.9. The number of halogens is 1. The Morgan fingerprint density at radius 3 is 2.55 bits per heavy atom. The molecule has 10 heteroatoms. The highest BCUT2D eigenvalue weighted by Crippen LogP contribution is 2.35. The van der Waals surface area contributed by atoms with Crippen LogP contribution in [0, 0.1) is 5.92 Å². The molecule has 206 valence electrons. The first-order chi connectivity index (χ1) is 18.1. The lowest BCUT2D eigenvalue weighted by Crippen LogP contribution is -2.58. The van der Waals surface area contributed by atoms with Gasteiger partial charge in [-0.1, -0.05) is 28.9 Å². The van der Waals surface area contributed by atoms with Crippen molar-refractivity contribution in [3.63, 3.8) is 0 Å². The van der Waals surface area contributed by atoms with Crippen molar-refractivity contribution in [3.05, 3.63) is 35.3 Å². The van der Waals surface area contributed by atoms with E-state index in [1.807, 2.05) is 32.9 Å². The molecular weight excluding hydrogens is 506 g/mol. The number of piperazine rings is 1. The Bertz CT molecular complexity index is 1260. The van der Waals surface area contributed by atoms with Crippen molar-refractivity contribution in [2.24, 2.45) is 5.92 Å². The third-order valence-corrected chi connectivity index (χ3v) is 7.73. The molecule has 1 amide bonds. The van der Waals surface area contributed by atoms with Gasteiger partial charge in [-0.2, -0.15) is 4.98 Å². The average Bonchev–Trinajstić information content (AvgIpc) is 3.46. The fourth-order valence-electron chi connectivity index (χ4n) is 5.57. The molecule has 0 unspecified atom stereocenters. The van der Waals surface area contributed by atoms with Crippen LogP contribution in [0.3, 0.4) is 0 Å². The zero-order chi connectivity index (χ0) is 27.0. The molecule has 0 saturated carbocycles. The molecule has 38 heavy (non-hydrogen) atoms. The first-order valence-corrected chi connectivity index (χ1v) is 13.9. The second-order valence-corrected chi connectivity index (χ2v) is 12.1. The lowest BCUT2D eigenvalue weighted by Gasteiger charge is -2.43. The Labute approximate surface area is 229 Å². The minimum atomic E-state index is -0.515. The van der Waals surface area contributed by atoms with Crippen LogP contribution in [0.4, 0.5) is 4.79 Å². The van der Waals surface area contributed by atoms with E-state index < -0.39 is 5.60 Å². The number of para-hydroxylation sites is 1. The van der Waals surface area contributed by atoms with Gasteiger partial charge >= 0.3 is 6.09 Å². The molecule has 0 N–H and O–H groups in total. The normalized spacial score (nSPS) is 21.8. The van der Waals surface area contributed by atoms with Gasteiger partial charge < -0.3 is 23.5 Å². The van der Waals surface area contributed by atoms with Crippen molar-refractivity contribution in [2.45, 2.75) is 78.2 Å². The van der Waals surface area contributed by atoms with E-state index in [1.165, 1.54) is 0 Å². The number of rotatable bonds is 5. The highest BCUT2D eigenvalue weighted by Gasteiger charge is 2.35. The fourth-order valence-corrected chi connectivity index (χ4v) is 5.86. The molecule has 2 aliphatic rings. The fraction of sp³-hybridized carbons (Fsp3) is 0.607. The van der Waals surface area contributed by atoms with Gasteiger partial charge in [0.2, 0.25) is 11.7 Å². The van der Waals surface area contributed by atoms with Crippen LogP contribution in [0.2, 0.25) is 5.02 Å². The molecule has 2 fully saturated rings. The van der Waals surface area contributed by atoms with Crippen LogP contribution in [0.5, 0.6) is 0 Å². The van der Waals surface area contributed by atoms with Crippen LogP contribution in [-0.4, -0.2) is 74.6 Å². The van der Waals surface area contributed by atoms with E-state index in [4.69, 9.17) is 30.6 Å². The minimum Gasteiger partial charge on any atom is -0.444 e. The van der Waals surface area contributed by atoms with Crippen molar-refractivity contribution >= 4 is 28.6 Å². The van der Waals surface area contributed by atoms with Crippen molar-refractivity contribution in [1.82, 2.24) is 24.5 Å². The zero-order valence-electron chi connectivity index (χ0n) is 22.9. The molecule has 3 aromatic rings. The molecule has 0 spiro atoms. The Hall–Kier alpha value is -2.62. The van der Waals surface area contributed by atoms with Crippen molar-refractivity contribution in [1.29, 1.82) is 0 Å². The van der Waals surface area contributed by atoms with Crippen LogP contribution in [0.25, 0.3) is 22.3 Å². The van der Waals surface area contributed by atoms with Crippen LogP contribution in [-0.2, 0) is 22.6 Å². The molecular formula is C28H38ClN5O4. The first-order valence-electron chi connectivity index (χ1n) is 13.5. The molecule has 5 rings (SSSR count). The number of hydrogen-bond acceptors (Lipinski definition) is 7. The lowest BCUT2D eigenvalue weighted by molar-refractivity contribution is -0.0119. The zero-order valence-corrected chi connectivity index (χ0v) is 23.7. The maximum absolute atomic E-state index is 12.6. The minimum absolute atomic E-state index is 0.113. The Balaban J connectivity index is 1.33. The van der Waals surface area contributed by atoms with Crippen LogP contribution < -0.4 is 0 Å². The summed E-state index contributed by atoms with van der Waals surface area (Å²) in [6, 6.07) is 6.17. The van der Waals surface area contributed by atoms with Gasteiger partial charge in [0, 0.05) is 62.1 Å². The number of carbonyl (C=O) groups excluding carboxylic acids is 1. The standard InChI is InChI=1S/C28H38ClN5O4/c1-18-13-33(27(35)37-28(3,4)5)14-19(2)34(18)17-24-30-26(31-38-24)22-16-32(15-20-9-11-36-12-10-20)25-21(22)7-6-8-23(25)29/h6-8,16,18-20H,9-15,17H2,1-5H3/t18-,19+. The summed E-state index contributed by atoms with van der Waals surface area (Å²) in [4.78, 5) is 21.5. The van der Waals surface area contributed by atoms with Gasteiger partial charge in [-0.25, -0.2) is 4.79 Å². The maximum Gasteiger partial charge on any atom is 0.410 e. The molecule has 0 bridgehead atoms. The van der Waals surface area contributed by atoms with Gasteiger partial charge in [0.1, 0.15) is 5.60 Å². The SMILES string of the molecule is C[C@@H]1CN(C(=O)OC(C)(C)C)C[C@H](C)N1Cc1nc(-c2cn(CC3CCOCC3)c3c(Cl)cccc23)no1. The molecule has 2 aromatic heterocycles. The van der Waals surface area contributed by atoms with Gasteiger partial charge in [-0.15, -0.1) is 0 Å². The molecule has 2 aliphatic heterocycles. The number of nitrogens with zero attached hydrogens (tertiary/aromatic N) is 5. The highest BCUT2D eigenvalue weighted by atomic mass is 35.5. The molecule has 9 nitrogen and oxygen atoms in total. The number of aromatic nitrogens is 3. The molecule has 1 aromatic carbocycles. The topological polar surface area (TPSA) is 85.9 Å². The van der Waals surface area contributed by atoms with E-state index in [0.717, 1.165) is 54.1 Å². The van der Waals surface area contributed by atoms with Gasteiger partial charge in [-0.3, -0.25) is 4.90 Å². The lowest BCUT2D eigenvalue weighted by atomic mass is 10.0. The van der Waals surface area contributed by atoms with Crippen LogP contribution in [0.15, 0.2) is 28.9 Å². The van der Waals surface area contributed by atoms with E-state index in [0.29, 0.717) is 37.3 Å². The average molecular weight is 544 g/mol. The summed E-state index contributed by atoms with van der Waals surface area (Å²) in [6.07, 6.45) is 3.92. The maximum atomic E-state index is 12.6. The monoisotopic (exact) mass is 543 g/mol. The van der Waals surface area contributed by atoms with Crippen molar-refractivity contribution in [3.8, 4) is 11.4 Å². The summed E-state index contributed by atoms with van der Waals surface area (Å²) >= 11 is 6.66. The summed E-state index contributed by atoms with van der Waals surface area (Å²) in [5.41, 5.74) is 1.40. The number of hydrogen-bond donors (Lipinski definition) is 0. The smallest absolute Gasteiger partial charge is 0.410 e. The predicted octanol–water partition coefficient (Wildman–Crippen LogP) is 5.60. The number of benzene rings is 1. The number of ether oxygens (including phenoxy) is 2. The first kappa shape index (κ1) is 27.0. The number of carbonyl (C=O) groups is 1. The quantitative estimate of drug-likeness (QED) is 0.414.